The second-order valence-electron chi connectivity index (χ2n) is 7.79. The molecule has 10 nitrogen and oxygen atoms in total. The van der Waals surface area contributed by atoms with E-state index in [-0.39, 0.29) is 37.6 Å². The molecule has 0 radical (unpaired) electrons. The van der Waals surface area contributed by atoms with Gasteiger partial charge in [-0.05, 0) is 41.5 Å². The van der Waals surface area contributed by atoms with Crippen molar-refractivity contribution in [2.24, 2.45) is 0 Å². The molecule has 0 heterocycles. The average Bonchev–Trinajstić information content (AvgIpc) is 2.67. The molecule has 1 N–H and O–H groups in total. The fraction of sp³-hybridized carbons (Fsp3) is 1.00. The van der Waals surface area contributed by atoms with Gasteiger partial charge in [0.25, 0.3) is 0 Å². The first-order valence-electron chi connectivity index (χ1n) is 10.6. The molecule has 6 unspecified atom stereocenters. The molecular formula is C20H43O10P. The SMILES string of the molecule is COCC(C)OCC(C)OCC(C)OP(=O)(O)OC(C)COC(C)COC(C)COC. The third-order valence-electron chi connectivity index (χ3n) is 3.89. The summed E-state index contributed by atoms with van der Waals surface area (Å²) in [5.41, 5.74) is 0. The summed E-state index contributed by atoms with van der Waals surface area (Å²) in [6, 6.07) is 0. The van der Waals surface area contributed by atoms with E-state index in [0.29, 0.717) is 26.4 Å². The quantitative estimate of drug-likeness (QED) is 0.264. The van der Waals surface area contributed by atoms with Crippen molar-refractivity contribution < 1.29 is 46.9 Å². The number of methoxy groups -OCH3 is 2. The Balaban J connectivity index is 4.11. The van der Waals surface area contributed by atoms with Crippen molar-refractivity contribution in [3.8, 4) is 0 Å². The molecule has 188 valence electrons. The summed E-state index contributed by atoms with van der Waals surface area (Å²) in [5.74, 6) is 0. The molecule has 6 atom stereocenters. The lowest BCUT2D eigenvalue weighted by Crippen LogP contribution is -2.27. The molecule has 0 aliphatic carbocycles. The molecular weight excluding hydrogens is 431 g/mol. The van der Waals surface area contributed by atoms with Crippen LogP contribution in [0.3, 0.4) is 0 Å². The van der Waals surface area contributed by atoms with Crippen LogP contribution in [-0.4, -0.2) is 95.4 Å². The van der Waals surface area contributed by atoms with Gasteiger partial charge in [0.05, 0.1) is 76.3 Å². The van der Waals surface area contributed by atoms with Gasteiger partial charge in [-0.1, -0.05) is 0 Å². The highest BCUT2D eigenvalue weighted by atomic mass is 31.2. The first-order chi connectivity index (χ1) is 14.5. The summed E-state index contributed by atoms with van der Waals surface area (Å²) in [6.07, 6.45) is -1.76. The smallest absolute Gasteiger partial charge is 0.382 e. The second kappa shape index (κ2) is 17.4. The molecule has 0 aromatic rings. The summed E-state index contributed by atoms with van der Waals surface area (Å²) < 4.78 is 54.9. The average molecular weight is 475 g/mol. The molecule has 0 aliphatic rings. The lowest BCUT2D eigenvalue weighted by atomic mass is 10.4. The molecule has 0 rings (SSSR count). The number of phosphoric acid groups is 1. The highest BCUT2D eigenvalue weighted by Gasteiger charge is 2.28. The fourth-order valence-electron chi connectivity index (χ4n) is 2.40. The zero-order valence-electron chi connectivity index (χ0n) is 20.3. The summed E-state index contributed by atoms with van der Waals surface area (Å²) >= 11 is 0. The van der Waals surface area contributed by atoms with Gasteiger partial charge in [0.15, 0.2) is 0 Å². The van der Waals surface area contributed by atoms with Crippen LogP contribution in [0.4, 0.5) is 0 Å². The first-order valence-corrected chi connectivity index (χ1v) is 12.1. The maximum Gasteiger partial charge on any atom is 0.472 e. The molecule has 0 aromatic heterocycles. The Morgan fingerprint density at radius 1 is 0.548 bits per heavy atom. The van der Waals surface area contributed by atoms with Crippen LogP contribution >= 0.6 is 7.82 Å². The van der Waals surface area contributed by atoms with Crippen molar-refractivity contribution in [3.63, 3.8) is 0 Å². The third kappa shape index (κ3) is 18.0. The van der Waals surface area contributed by atoms with Gasteiger partial charge in [0.1, 0.15) is 0 Å². The van der Waals surface area contributed by atoms with Crippen LogP contribution in [0.25, 0.3) is 0 Å². The normalized spacial score (nSPS) is 19.9. The van der Waals surface area contributed by atoms with Gasteiger partial charge in [0.2, 0.25) is 0 Å². The van der Waals surface area contributed by atoms with Crippen molar-refractivity contribution >= 4 is 7.82 Å². The highest BCUT2D eigenvalue weighted by Crippen LogP contribution is 2.45. The molecule has 0 bridgehead atoms. The predicted octanol–water partition coefficient (Wildman–Crippen LogP) is 2.81. The Bertz CT molecular complexity index is 443. The minimum absolute atomic E-state index is 0.0393. The van der Waals surface area contributed by atoms with E-state index in [1.807, 2.05) is 27.7 Å². The summed E-state index contributed by atoms with van der Waals surface area (Å²) in [4.78, 5) is 9.98. The minimum atomic E-state index is -4.26. The molecule has 31 heavy (non-hydrogen) atoms. The van der Waals surface area contributed by atoms with Crippen LogP contribution in [0, 0.1) is 0 Å². The standard InChI is InChI=1S/C20H43O10P/c1-15(9-23-7)25-11-17(3)27-13-19(5)29-31(21,22)30-20(6)14-28-18(4)12-26-16(2)10-24-8/h15-20H,9-14H2,1-8H3,(H,21,22). The summed E-state index contributed by atoms with van der Waals surface area (Å²) in [5, 5.41) is 0. The maximum absolute atomic E-state index is 12.2. The third-order valence-corrected chi connectivity index (χ3v) is 5.14. The summed E-state index contributed by atoms with van der Waals surface area (Å²) in [6.45, 7) is 12.8. The van der Waals surface area contributed by atoms with Gasteiger partial charge in [-0.25, -0.2) is 4.57 Å². The highest BCUT2D eigenvalue weighted by molar-refractivity contribution is 7.47. The van der Waals surface area contributed by atoms with Crippen LogP contribution in [0.15, 0.2) is 0 Å². The Kier molecular flexibility index (Phi) is 17.3. The monoisotopic (exact) mass is 474 g/mol. The Morgan fingerprint density at radius 3 is 1.10 bits per heavy atom. The van der Waals surface area contributed by atoms with Gasteiger partial charge in [-0.15, -0.1) is 0 Å². The lowest BCUT2D eigenvalue weighted by molar-refractivity contribution is -0.0730. The first kappa shape index (κ1) is 30.9. The van der Waals surface area contributed by atoms with Gasteiger partial charge in [0, 0.05) is 14.2 Å². The Hall–Kier alpha value is -0.130. The molecule has 0 spiro atoms. The van der Waals surface area contributed by atoms with Crippen molar-refractivity contribution in [3.05, 3.63) is 0 Å². The lowest BCUT2D eigenvalue weighted by Gasteiger charge is -2.23. The van der Waals surface area contributed by atoms with Crippen molar-refractivity contribution in [2.45, 2.75) is 78.2 Å². The molecule has 0 aromatic carbocycles. The zero-order chi connectivity index (χ0) is 23.9. The summed E-state index contributed by atoms with van der Waals surface area (Å²) in [7, 11) is -1.04. The van der Waals surface area contributed by atoms with Gasteiger partial charge >= 0.3 is 7.82 Å². The van der Waals surface area contributed by atoms with Crippen molar-refractivity contribution in [2.75, 3.05) is 53.9 Å². The van der Waals surface area contributed by atoms with Gasteiger partial charge in [-0.2, -0.15) is 0 Å². The molecule has 0 amide bonds. The maximum atomic E-state index is 12.2. The van der Waals surface area contributed by atoms with E-state index in [1.54, 1.807) is 28.1 Å². The number of rotatable bonds is 20. The van der Waals surface area contributed by atoms with E-state index in [0.717, 1.165) is 0 Å². The predicted molar refractivity (Wildman–Crippen MR) is 116 cm³/mol. The van der Waals surface area contributed by atoms with E-state index in [2.05, 4.69) is 0 Å². The number of hydrogen-bond donors (Lipinski definition) is 1. The van der Waals surface area contributed by atoms with Crippen LogP contribution in [0.1, 0.15) is 41.5 Å². The van der Waals surface area contributed by atoms with E-state index < -0.39 is 20.0 Å². The molecule has 0 saturated heterocycles. The second-order valence-corrected chi connectivity index (χ2v) is 9.15. The van der Waals surface area contributed by atoms with Crippen LogP contribution in [-0.2, 0) is 42.0 Å². The largest absolute Gasteiger partial charge is 0.472 e. The van der Waals surface area contributed by atoms with E-state index >= 15 is 0 Å². The van der Waals surface area contributed by atoms with Crippen LogP contribution in [0.2, 0.25) is 0 Å². The topological polar surface area (TPSA) is 111 Å². The molecule has 0 aliphatic heterocycles. The van der Waals surface area contributed by atoms with Crippen molar-refractivity contribution in [1.29, 1.82) is 0 Å². The van der Waals surface area contributed by atoms with Crippen LogP contribution < -0.4 is 0 Å². The minimum Gasteiger partial charge on any atom is -0.382 e. The van der Waals surface area contributed by atoms with Crippen molar-refractivity contribution in [1.82, 2.24) is 0 Å². The Labute approximate surface area is 187 Å². The van der Waals surface area contributed by atoms with Gasteiger partial charge in [-0.3, -0.25) is 9.05 Å². The Morgan fingerprint density at radius 2 is 0.806 bits per heavy atom. The van der Waals surface area contributed by atoms with E-state index in [4.69, 9.17) is 37.5 Å². The molecule has 0 fully saturated rings. The fourth-order valence-corrected chi connectivity index (χ4v) is 3.48. The van der Waals surface area contributed by atoms with Gasteiger partial charge < -0.3 is 33.3 Å². The number of ether oxygens (including phenoxy) is 6. The van der Waals surface area contributed by atoms with E-state index in [1.165, 1.54) is 0 Å². The molecule has 0 saturated carbocycles. The number of phosphoric ester groups is 1. The molecule has 11 heteroatoms. The number of hydrogen-bond acceptors (Lipinski definition) is 9. The van der Waals surface area contributed by atoms with Crippen LogP contribution in [0.5, 0.6) is 0 Å². The zero-order valence-corrected chi connectivity index (χ0v) is 21.2. The van der Waals surface area contributed by atoms with E-state index in [9.17, 15) is 9.46 Å².